The molecule has 1 aliphatic heterocycles. The Balaban J connectivity index is 2.28. The van der Waals surface area contributed by atoms with E-state index in [1.54, 1.807) is 16.0 Å². The summed E-state index contributed by atoms with van der Waals surface area (Å²) in [5, 5.41) is 0. The van der Waals surface area contributed by atoms with Crippen molar-refractivity contribution in [2.45, 2.75) is 12.5 Å². The van der Waals surface area contributed by atoms with Crippen molar-refractivity contribution in [3.05, 3.63) is 35.4 Å². The zero-order chi connectivity index (χ0) is 10.8. The second-order valence-corrected chi connectivity index (χ2v) is 5.01. The van der Waals surface area contributed by atoms with Crippen LogP contribution in [0, 0.1) is 0 Å². The molecule has 2 nitrogen and oxygen atoms in total. The van der Waals surface area contributed by atoms with Crippen molar-refractivity contribution in [2.24, 2.45) is 0 Å². The molecule has 2 rings (SSSR count). The van der Waals surface area contributed by atoms with Crippen LogP contribution in [0.25, 0.3) is 0 Å². The number of fused-ring (bicyclic) bond motifs is 1. The van der Waals surface area contributed by atoms with Crippen molar-refractivity contribution in [3.8, 4) is 0 Å². The summed E-state index contributed by atoms with van der Waals surface area (Å²) in [6, 6.07) is 9.62. The SMILES string of the molecule is C[NH+](C)C[C@H]1c2ccccc2CC[NH+]1C. The third kappa shape index (κ3) is 2.21. The lowest BCUT2D eigenvalue weighted by atomic mass is 9.93. The highest BCUT2D eigenvalue weighted by Crippen LogP contribution is 2.17. The van der Waals surface area contributed by atoms with Gasteiger partial charge in [0, 0.05) is 12.0 Å². The van der Waals surface area contributed by atoms with Gasteiger partial charge < -0.3 is 9.80 Å². The van der Waals surface area contributed by atoms with Crippen molar-refractivity contribution in [1.82, 2.24) is 0 Å². The van der Waals surface area contributed by atoms with Crippen LogP contribution < -0.4 is 9.80 Å². The highest BCUT2D eigenvalue weighted by Gasteiger charge is 2.29. The van der Waals surface area contributed by atoms with Gasteiger partial charge in [0.25, 0.3) is 0 Å². The number of likely N-dealkylation sites (N-methyl/N-ethyl adjacent to an activating group) is 2. The first-order chi connectivity index (χ1) is 7.18. The summed E-state index contributed by atoms with van der Waals surface area (Å²) in [5.74, 6) is 0. The van der Waals surface area contributed by atoms with Crippen LogP contribution in [0.3, 0.4) is 0 Å². The molecule has 2 heteroatoms. The largest absolute Gasteiger partial charge is 0.335 e. The summed E-state index contributed by atoms with van der Waals surface area (Å²) in [4.78, 5) is 3.20. The molecule has 0 aromatic heterocycles. The van der Waals surface area contributed by atoms with Crippen LogP contribution in [-0.4, -0.2) is 34.2 Å². The fourth-order valence-corrected chi connectivity index (χ4v) is 2.57. The molecule has 1 aliphatic rings. The number of benzene rings is 1. The summed E-state index contributed by atoms with van der Waals surface area (Å²) in [6.07, 6.45) is 1.24. The number of hydrogen-bond acceptors (Lipinski definition) is 0. The third-order valence-corrected chi connectivity index (χ3v) is 3.43. The normalized spacial score (nSPS) is 25.3. The van der Waals surface area contributed by atoms with Crippen LogP contribution in [0.5, 0.6) is 0 Å². The summed E-state index contributed by atoms with van der Waals surface area (Å²) in [6.45, 7) is 2.50. The van der Waals surface area contributed by atoms with Crippen LogP contribution in [0.1, 0.15) is 17.2 Å². The van der Waals surface area contributed by atoms with Crippen LogP contribution in [0.15, 0.2) is 24.3 Å². The molecule has 0 fully saturated rings. The molecule has 0 bridgehead atoms. The van der Waals surface area contributed by atoms with E-state index in [2.05, 4.69) is 45.4 Å². The van der Waals surface area contributed by atoms with Crippen molar-refractivity contribution in [1.29, 1.82) is 0 Å². The molecule has 1 aromatic carbocycles. The topological polar surface area (TPSA) is 8.88 Å². The Morgan fingerprint density at radius 1 is 1.33 bits per heavy atom. The highest BCUT2D eigenvalue weighted by atomic mass is 15.2. The molecule has 2 N–H and O–H groups in total. The molecule has 0 spiro atoms. The first kappa shape index (κ1) is 10.7. The van der Waals surface area contributed by atoms with E-state index < -0.39 is 0 Å². The van der Waals surface area contributed by atoms with Crippen molar-refractivity contribution in [3.63, 3.8) is 0 Å². The van der Waals surface area contributed by atoms with E-state index in [0.717, 1.165) is 0 Å². The maximum absolute atomic E-state index is 2.32. The van der Waals surface area contributed by atoms with Gasteiger partial charge in [0.05, 0.1) is 27.7 Å². The maximum Gasteiger partial charge on any atom is 0.163 e. The van der Waals surface area contributed by atoms with E-state index >= 15 is 0 Å². The molecule has 0 aliphatic carbocycles. The summed E-state index contributed by atoms with van der Waals surface area (Å²) in [7, 11) is 6.80. The van der Waals surface area contributed by atoms with Gasteiger partial charge >= 0.3 is 0 Å². The fourth-order valence-electron chi connectivity index (χ4n) is 2.57. The lowest BCUT2D eigenvalue weighted by Crippen LogP contribution is -3.17. The van der Waals surface area contributed by atoms with Crippen molar-refractivity contribution in [2.75, 3.05) is 34.2 Å². The lowest BCUT2D eigenvalue weighted by Gasteiger charge is -2.31. The quantitative estimate of drug-likeness (QED) is 0.611. The average Bonchev–Trinajstić information content (AvgIpc) is 2.22. The Hall–Kier alpha value is -0.860. The van der Waals surface area contributed by atoms with Crippen LogP contribution in [0.2, 0.25) is 0 Å². The molecule has 0 radical (unpaired) electrons. The molecule has 0 saturated heterocycles. The third-order valence-electron chi connectivity index (χ3n) is 3.43. The predicted molar refractivity (Wildman–Crippen MR) is 62.3 cm³/mol. The fraction of sp³-hybridized carbons (Fsp3) is 0.538. The molecule has 2 atom stereocenters. The van der Waals surface area contributed by atoms with Crippen LogP contribution in [-0.2, 0) is 6.42 Å². The monoisotopic (exact) mass is 206 g/mol. The van der Waals surface area contributed by atoms with Gasteiger partial charge in [0.2, 0.25) is 0 Å². The number of quaternary nitrogens is 2. The van der Waals surface area contributed by atoms with Crippen molar-refractivity contribution < 1.29 is 9.80 Å². The Morgan fingerprint density at radius 2 is 2.07 bits per heavy atom. The molecular formula is C13H22N2+2. The first-order valence-corrected chi connectivity index (χ1v) is 5.87. The standard InChI is InChI=1S/C13H20N2/c1-14(2)10-13-12-7-5-4-6-11(12)8-9-15(13)3/h4-7,13H,8-10H2,1-3H3/p+2/t13-/m0/s1. The summed E-state index contributed by atoms with van der Waals surface area (Å²) < 4.78 is 0. The van der Waals surface area contributed by atoms with Gasteiger partial charge in [-0.1, -0.05) is 24.3 Å². The van der Waals surface area contributed by atoms with Gasteiger partial charge in [0.15, 0.2) is 6.04 Å². The Kier molecular flexibility index (Phi) is 3.08. The molecule has 0 saturated carbocycles. The minimum atomic E-state index is 0.681. The Bertz CT molecular complexity index is 333. The first-order valence-electron chi connectivity index (χ1n) is 5.87. The van der Waals surface area contributed by atoms with Gasteiger partial charge in [-0.25, -0.2) is 0 Å². The van der Waals surface area contributed by atoms with Gasteiger partial charge in [-0.15, -0.1) is 0 Å². The lowest BCUT2D eigenvalue weighted by molar-refractivity contribution is -0.958. The molecular weight excluding hydrogens is 184 g/mol. The predicted octanol–water partition coefficient (Wildman–Crippen LogP) is -1.06. The van der Waals surface area contributed by atoms with Gasteiger partial charge in [-0.05, 0) is 5.56 Å². The number of hydrogen-bond donors (Lipinski definition) is 2. The van der Waals surface area contributed by atoms with E-state index in [9.17, 15) is 0 Å². The molecule has 15 heavy (non-hydrogen) atoms. The smallest absolute Gasteiger partial charge is 0.163 e. The average molecular weight is 206 g/mol. The van der Waals surface area contributed by atoms with Crippen LogP contribution >= 0.6 is 0 Å². The Labute approximate surface area is 92.5 Å². The zero-order valence-corrected chi connectivity index (χ0v) is 10.0. The van der Waals surface area contributed by atoms with E-state index in [-0.39, 0.29) is 0 Å². The number of rotatable bonds is 2. The second kappa shape index (κ2) is 4.33. The molecule has 0 amide bonds. The van der Waals surface area contributed by atoms with Gasteiger partial charge in [0.1, 0.15) is 6.54 Å². The van der Waals surface area contributed by atoms with Crippen LogP contribution in [0.4, 0.5) is 0 Å². The van der Waals surface area contributed by atoms with E-state index in [4.69, 9.17) is 0 Å². The molecule has 82 valence electrons. The maximum atomic E-state index is 2.32. The number of nitrogens with one attached hydrogen (secondary N) is 2. The van der Waals surface area contributed by atoms with E-state index in [1.807, 2.05) is 0 Å². The van der Waals surface area contributed by atoms with E-state index in [0.29, 0.717) is 6.04 Å². The van der Waals surface area contributed by atoms with Gasteiger partial charge in [-0.2, -0.15) is 0 Å². The summed E-state index contributed by atoms with van der Waals surface area (Å²) >= 11 is 0. The minimum absolute atomic E-state index is 0.681. The van der Waals surface area contributed by atoms with E-state index in [1.165, 1.54) is 24.4 Å². The Morgan fingerprint density at radius 3 is 2.80 bits per heavy atom. The minimum Gasteiger partial charge on any atom is -0.335 e. The molecule has 1 heterocycles. The zero-order valence-electron chi connectivity index (χ0n) is 10.0. The summed E-state index contributed by atoms with van der Waals surface area (Å²) in [5.41, 5.74) is 3.14. The molecule has 1 unspecified atom stereocenters. The molecule has 1 aromatic rings. The highest BCUT2D eigenvalue weighted by molar-refractivity contribution is 5.30. The second-order valence-electron chi connectivity index (χ2n) is 5.01. The van der Waals surface area contributed by atoms with Crippen molar-refractivity contribution >= 4 is 0 Å². The van der Waals surface area contributed by atoms with Gasteiger partial charge in [-0.3, -0.25) is 0 Å².